The molecule has 1 aliphatic heterocycles. The first-order valence-corrected chi connectivity index (χ1v) is 6.69. The van der Waals surface area contributed by atoms with E-state index in [1.165, 1.54) is 0 Å². The van der Waals surface area contributed by atoms with Gasteiger partial charge in [-0.25, -0.2) is 0 Å². The van der Waals surface area contributed by atoms with Crippen LogP contribution in [0.1, 0.15) is 19.5 Å². The van der Waals surface area contributed by atoms with E-state index in [-0.39, 0.29) is 0 Å². The molecule has 0 aromatic carbocycles. The number of aromatic nitrogens is 1. The second kappa shape index (κ2) is 4.66. The van der Waals surface area contributed by atoms with Crippen molar-refractivity contribution in [1.82, 2.24) is 4.98 Å². The van der Waals surface area contributed by atoms with Gasteiger partial charge >= 0.3 is 0 Å². The molecule has 3 nitrogen and oxygen atoms in total. The highest BCUT2D eigenvalue weighted by Gasteiger charge is 2.28. The fourth-order valence-corrected chi connectivity index (χ4v) is 2.91. The quantitative estimate of drug-likeness (QED) is 0.751. The second-order valence-electron chi connectivity index (χ2n) is 3.76. The average Bonchev–Trinajstić information content (AvgIpc) is 2.70. The fraction of sp³-hybridized carbons (Fsp3) is 0.700. The summed E-state index contributed by atoms with van der Waals surface area (Å²) in [6, 6.07) is 1.18. The molecule has 15 heavy (non-hydrogen) atoms. The van der Waals surface area contributed by atoms with E-state index < -0.39 is 0 Å². The Balaban J connectivity index is 2.14. The highest BCUT2D eigenvalue weighted by molar-refractivity contribution is 8.00. The number of alkyl halides is 1. The van der Waals surface area contributed by atoms with Gasteiger partial charge in [0.25, 0.3) is 6.01 Å². The van der Waals surface area contributed by atoms with Crippen molar-refractivity contribution in [1.29, 1.82) is 0 Å². The molecule has 1 aromatic heterocycles. The molecule has 0 bridgehead atoms. The van der Waals surface area contributed by atoms with Crippen LogP contribution in [0, 0.1) is 0 Å². The van der Waals surface area contributed by atoms with Gasteiger partial charge in [-0.05, 0) is 6.92 Å². The molecule has 84 valence electrons. The van der Waals surface area contributed by atoms with Crippen LogP contribution >= 0.6 is 23.4 Å². The van der Waals surface area contributed by atoms with Crippen LogP contribution in [0.15, 0.2) is 10.7 Å². The van der Waals surface area contributed by atoms with Crippen LogP contribution in [0.5, 0.6) is 0 Å². The number of anilines is 1. The SMILES string of the molecule is CC1SCCN(c2nc(CCl)co2)C1C. The molecule has 0 spiro atoms. The van der Waals surface area contributed by atoms with Gasteiger partial charge in [0.2, 0.25) is 0 Å². The zero-order valence-electron chi connectivity index (χ0n) is 8.94. The average molecular weight is 247 g/mol. The van der Waals surface area contributed by atoms with Crippen molar-refractivity contribution in [2.24, 2.45) is 0 Å². The summed E-state index contributed by atoms with van der Waals surface area (Å²) in [6.45, 7) is 5.45. The van der Waals surface area contributed by atoms with Crippen LogP contribution < -0.4 is 4.90 Å². The number of hydrogen-bond donors (Lipinski definition) is 0. The topological polar surface area (TPSA) is 29.3 Å². The lowest BCUT2D eigenvalue weighted by molar-refractivity contribution is 0.500. The third-order valence-electron chi connectivity index (χ3n) is 2.81. The number of hydrogen-bond acceptors (Lipinski definition) is 4. The minimum atomic E-state index is 0.413. The molecule has 0 saturated carbocycles. The van der Waals surface area contributed by atoms with E-state index in [1.807, 2.05) is 11.8 Å². The first kappa shape index (κ1) is 11.1. The van der Waals surface area contributed by atoms with Gasteiger partial charge in [-0.2, -0.15) is 16.7 Å². The van der Waals surface area contributed by atoms with Gasteiger partial charge in [-0.1, -0.05) is 6.92 Å². The maximum absolute atomic E-state index is 5.70. The number of thioether (sulfide) groups is 1. The van der Waals surface area contributed by atoms with Crippen molar-refractivity contribution >= 4 is 29.4 Å². The van der Waals surface area contributed by atoms with Crippen LogP contribution in [-0.2, 0) is 5.88 Å². The molecule has 0 N–H and O–H groups in total. The smallest absolute Gasteiger partial charge is 0.297 e. The fourth-order valence-electron chi connectivity index (χ4n) is 1.69. The minimum absolute atomic E-state index is 0.413. The van der Waals surface area contributed by atoms with E-state index in [0.717, 1.165) is 18.0 Å². The Bertz CT molecular complexity index is 331. The van der Waals surface area contributed by atoms with Crippen LogP contribution in [0.3, 0.4) is 0 Å². The summed E-state index contributed by atoms with van der Waals surface area (Å²) in [4.78, 5) is 6.57. The highest BCUT2D eigenvalue weighted by Crippen LogP contribution is 2.28. The zero-order valence-corrected chi connectivity index (χ0v) is 10.5. The molecule has 2 atom stereocenters. The summed E-state index contributed by atoms with van der Waals surface area (Å²) in [5.74, 6) is 1.54. The summed E-state index contributed by atoms with van der Waals surface area (Å²) in [7, 11) is 0. The molecule has 2 heterocycles. The van der Waals surface area contributed by atoms with E-state index in [9.17, 15) is 0 Å². The number of oxazole rings is 1. The Morgan fingerprint density at radius 2 is 2.47 bits per heavy atom. The van der Waals surface area contributed by atoms with Gasteiger partial charge in [0.15, 0.2) is 0 Å². The normalized spacial score (nSPS) is 27.0. The van der Waals surface area contributed by atoms with Crippen molar-refractivity contribution in [3.05, 3.63) is 12.0 Å². The van der Waals surface area contributed by atoms with E-state index >= 15 is 0 Å². The third kappa shape index (κ3) is 2.26. The van der Waals surface area contributed by atoms with Crippen LogP contribution in [0.2, 0.25) is 0 Å². The van der Waals surface area contributed by atoms with Crippen molar-refractivity contribution in [2.45, 2.75) is 31.0 Å². The minimum Gasteiger partial charge on any atom is -0.432 e. The Morgan fingerprint density at radius 3 is 3.13 bits per heavy atom. The lowest BCUT2D eigenvalue weighted by Crippen LogP contribution is -2.44. The van der Waals surface area contributed by atoms with E-state index in [4.69, 9.17) is 16.0 Å². The lowest BCUT2D eigenvalue weighted by Gasteiger charge is -2.36. The van der Waals surface area contributed by atoms with E-state index in [0.29, 0.717) is 23.2 Å². The van der Waals surface area contributed by atoms with Crippen LogP contribution in [0.4, 0.5) is 6.01 Å². The largest absolute Gasteiger partial charge is 0.432 e. The van der Waals surface area contributed by atoms with Gasteiger partial charge in [0, 0.05) is 23.6 Å². The van der Waals surface area contributed by atoms with Gasteiger partial charge in [0.1, 0.15) is 6.26 Å². The van der Waals surface area contributed by atoms with Crippen molar-refractivity contribution in [3.8, 4) is 0 Å². The predicted molar refractivity (Wildman–Crippen MR) is 64.8 cm³/mol. The molecule has 0 amide bonds. The third-order valence-corrected chi connectivity index (χ3v) is 4.42. The Hall–Kier alpha value is -0.350. The van der Waals surface area contributed by atoms with Crippen molar-refractivity contribution in [3.63, 3.8) is 0 Å². The summed E-state index contributed by atoms with van der Waals surface area (Å²) in [5, 5.41) is 0.616. The molecule has 0 radical (unpaired) electrons. The zero-order chi connectivity index (χ0) is 10.8. The molecule has 1 fully saturated rings. The Kier molecular flexibility index (Phi) is 3.46. The molecular formula is C10H15ClN2OS. The summed E-state index contributed by atoms with van der Waals surface area (Å²) < 4.78 is 5.43. The summed E-state index contributed by atoms with van der Waals surface area (Å²) in [5.41, 5.74) is 0.810. The summed E-state index contributed by atoms with van der Waals surface area (Å²) in [6.07, 6.45) is 1.64. The second-order valence-corrected chi connectivity index (χ2v) is 5.52. The molecule has 5 heteroatoms. The van der Waals surface area contributed by atoms with Crippen molar-refractivity contribution < 1.29 is 4.42 Å². The standard InChI is InChI=1S/C10H15ClN2OS/c1-7-8(2)15-4-3-13(7)10-12-9(5-11)6-14-10/h6-8H,3-5H2,1-2H3. The molecule has 1 saturated heterocycles. The van der Waals surface area contributed by atoms with Gasteiger partial charge < -0.3 is 9.32 Å². The van der Waals surface area contributed by atoms with Gasteiger partial charge in [-0.15, -0.1) is 11.6 Å². The number of halogens is 1. The molecule has 0 aliphatic carbocycles. The maximum atomic E-state index is 5.70. The molecule has 1 aliphatic rings. The molecule has 2 unspecified atom stereocenters. The monoisotopic (exact) mass is 246 g/mol. The Labute approximate surface area is 99.2 Å². The van der Waals surface area contributed by atoms with E-state index in [2.05, 4.69) is 23.7 Å². The van der Waals surface area contributed by atoms with Crippen LogP contribution in [0.25, 0.3) is 0 Å². The molecule has 2 rings (SSSR count). The molecule has 1 aromatic rings. The molecular weight excluding hydrogens is 232 g/mol. The summed E-state index contributed by atoms with van der Waals surface area (Å²) >= 11 is 7.70. The number of rotatable bonds is 2. The first-order chi connectivity index (χ1) is 7.22. The predicted octanol–water partition coefficient (Wildman–Crippen LogP) is 2.74. The first-order valence-electron chi connectivity index (χ1n) is 5.11. The lowest BCUT2D eigenvalue weighted by atomic mass is 10.2. The van der Waals surface area contributed by atoms with Gasteiger partial charge in [-0.3, -0.25) is 0 Å². The van der Waals surface area contributed by atoms with E-state index in [1.54, 1.807) is 6.26 Å². The van der Waals surface area contributed by atoms with Gasteiger partial charge in [0.05, 0.1) is 11.6 Å². The van der Waals surface area contributed by atoms with Crippen LogP contribution in [-0.4, -0.2) is 28.6 Å². The highest BCUT2D eigenvalue weighted by atomic mass is 35.5. The number of nitrogens with zero attached hydrogens (tertiary/aromatic N) is 2. The Morgan fingerprint density at radius 1 is 1.67 bits per heavy atom. The van der Waals surface area contributed by atoms with Crippen molar-refractivity contribution in [2.75, 3.05) is 17.2 Å². The maximum Gasteiger partial charge on any atom is 0.297 e.